The van der Waals surface area contributed by atoms with Gasteiger partial charge in [-0.3, -0.25) is 4.79 Å². The smallest absolute Gasteiger partial charge is 0.278 e. The van der Waals surface area contributed by atoms with Crippen molar-refractivity contribution >= 4 is 17.1 Å². The summed E-state index contributed by atoms with van der Waals surface area (Å²) in [5.74, 6) is -1.37. The Balaban J connectivity index is 1.17. The van der Waals surface area contributed by atoms with Crippen molar-refractivity contribution in [3.8, 4) is 5.19 Å². The summed E-state index contributed by atoms with van der Waals surface area (Å²) in [4.78, 5) is 24.1. The Kier molecular flexibility index (Phi) is 8.20. The van der Waals surface area contributed by atoms with Crippen LogP contribution in [0.25, 0.3) is 0 Å². The third-order valence-electron chi connectivity index (χ3n) is 6.96. The van der Waals surface area contributed by atoms with E-state index in [1.165, 1.54) is 11.3 Å². The molecular formula is C25H34F3N3O3S. The maximum atomic E-state index is 15.5. The van der Waals surface area contributed by atoms with Gasteiger partial charge in [-0.25, -0.2) is 23.1 Å². The molecule has 0 atom stereocenters. The van der Waals surface area contributed by atoms with Gasteiger partial charge in [0.15, 0.2) is 12.5 Å². The van der Waals surface area contributed by atoms with Crippen LogP contribution in [0, 0.1) is 12.8 Å². The highest BCUT2D eigenvalue weighted by Gasteiger charge is 2.36. The van der Waals surface area contributed by atoms with Crippen molar-refractivity contribution in [3.63, 3.8) is 0 Å². The van der Waals surface area contributed by atoms with Crippen LogP contribution in [-0.2, 0) is 24.1 Å². The number of aryl methyl sites for hydroxylation is 1. The summed E-state index contributed by atoms with van der Waals surface area (Å²) in [6.45, 7) is 4.17. The molecule has 194 valence electrons. The van der Waals surface area contributed by atoms with Crippen LogP contribution >= 0.6 is 11.3 Å². The summed E-state index contributed by atoms with van der Waals surface area (Å²) in [5.41, 5.74) is -0.267. The standard InChI is InChI=1S/C25H34F3N3O3S/c1-17-29-15-20(34-17)14-19(32)13-18-3-7-25(28,8-4-18)9-12-31-10-5-21-22(6-11-31)35-23(30-21)33-16-24(2,26)27/h15,18H,3-14,16H2,1-2H3. The van der Waals surface area contributed by atoms with Crippen molar-refractivity contribution in [2.24, 2.45) is 5.92 Å². The Hall–Kier alpha value is -1.94. The zero-order valence-corrected chi connectivity index (χ0v) is 21.3. The number of halogens is 3. The summed E-state index contributed by atoms with van der Waals surface area (Å²) in [6.07, 6.45) is 6.77. The Morgan fingerprint density at radius 1 is 1.31 bits per heavy atom. The van der Waals surface area contributed by atoms with Gasteiger partial charge >= 0.3 is 0 Å². The molecule has 2 aromatic heterocycles. The second kappa shape index (κ2) is 11.0. The number of thiazole rings is 1. The fourth-order valence-electron chi connectivity index (χ4n) is 4.94. The summed E-state index contributed by atoms with van der Waals surface area (Å²) in [7, 11) is 0. The Morgan fingerprint density at radius 2 is 2.06 bits per heavy atom. The highest BCUT2D eigenvalue weighted by Crippen LogP contribution is 2.39. The monoisotopic (exact) mass is 513 g/mol. The van der Waals surface area contributed by atoms with Crippen LogP contribution in [0.4, 0.5) is 13.2 Å². The van der Waals surface area contributed by atoms with Crippen molar-refractivity contribution in [1.82, 2.24) is 14.9 Å². The van der Waals surface area contributed by atoms with Crippen molar-refractivity contribution in [3.05, 3.63) is 28.4 Å². The zero-order chi connectivity index (χ0) is 25.1. The van der Waals surface area contributed by atoms with Gasteiger partial charge in [-0.15, -0.1) is 0 Å². The van der Waals surface area contributed by atoms with Crippen LogP contribution in [0.15, 0.2) is 10.6 Å². The molecule has 0 spiro atoms. The van der Waals surface area contributed by atoms with Gasteiger partial charge in [0.05, 0.1) is 18.3 Å². The van der Waals surface area contributed by atoms with Crippen molar-refractivity contribution < 1.29 is 27.1 Å². The number of hydrogen-bond acceptors (Lipinski definition) is 7. The van der Waals surface area contributed by atoms with E-state index < -0.39 is 18.2 Å². The Morgan fingerprint density at radius 3 is 2.74 bits per heavy atom. The molecule has 1 saturated carbocycles. The highest BCUT2D eigenvalue weighted by atomic mass is 32.1. The molecule has 1 aliphatic heterocycles. The molecule has 10 heteroatoms. The minimum atomic E-state index is -2.88. The van der Waals surface area contributed by atoms with E-state index in [1.54, 1.807) is 13.1 Å². The first kappa shape index (κ1) is 26.1. The molecule has 2 aliphatic rings. The first-order valence-corrected chi connectivity index (χ1v) is 13.2. The number of Topliss-reactive ketones (excluding diaryl/α,β-unsaturated/α-hetero) is 1. The number of nitrogens with zero attached hydrogens (tertiary/aromatic N) is 3. The van der Waals surface area contributed by atoms with Crippen molar-refractivity contribution in [2.45, 2.75) is 83.2 Å². The summed E-state index contributed by atoms with van der Waals surface area (Å²) >= 11 is 1.34. The number of carbonyl (C=O) groups is 1. The topological polar surface area (TPSA) is 68.5 Å². The number of oxazole rings is 1. The summed E-state index contributed by atoms with van der Waals surface area (Å²) in [5, 5.41) is 0.305. The third-order valence-corrected chi connectivity index (χ3v) is 8.03. The number of aromatic nitrogens is 2. The molecule has 3 heterocycles. The molecule has 4 rings (SSSR count). The van der Waals surface area contributed by atoms with Gasteiger partial charge in [-0.05, 0) is 44.4 Å². The zero-order valence-electron chi connectivity index (χ0n) is 20.5. The SMILES string of the molecule is Cc1ncc(CC(=O)CC2CCC(F)(CCN3CCc4nc(OCC(C)(F)F)sc4CC3)CC2)o1. The predicted octanol–water partition coefficient (Wildman–Crippen LogP) is 5.36. The number of carbonyl (C=O) groups excluding carboxylic acids is 1. The molecule has 0 aromatic carbocycles. The molecule has 0 saturated heterocycles. The highest BCUT2D eigenvalue weighted by molar-refractivity contribution is 7.13. The molecule has 1 fully saturated rings. The predicted molar refractivity (Wildman–Crippen MR) is 127 cm³/mol. The molecule has 6 nitrogen and oxygen atoms in total. The molecule has 35 heavy (non-hydrogen) atoms. The maximum Gasteiger partial charge on any atom is 0.278 e. The van der Waals surface area contributed by atoms with E-state index in [1.807, 2.05) is 0 Å². The van der Waals surface area contributed by atoms with E-state index >= 15 is 4.39 Å². The van der Waals surface area contributed by atoms with Gasteiger partial charge in [0, 0.05) is 51.2 Å². The lowest BCUT2D eigenvalue weighted by Crippen LogP contribution is -2.36. The normalized spacial score (nSPS) is 23.6. The lowest BCUT2D eigenvalue weighted by atomic mass is 9.76. The second-order valence-corrected chi connectivity index (χ2v) is 11.2. The van der Waals surface area contributed by atoms with Crippen LogP contribution in [0.5, 0.6) is 5.19 Å². The van der Waals surface area contributed by atoms with E-state index in [9.17, 15) is 13.6 Å². The van der Waals surface area contributed by atoms with Crippen LogP contribution in [0.1, 0.15) is 67.7 Å². The summed E-state index contributed by atoms with van der Waals surface area (Å²) in [6, 6.07) is 0. The number of ether oxygens (including phenoxy) is 1. The Bertz CT molecular complexity index is 970. The van der Waals surface area contributed by atoms with Crippen LogP contribution in [0.3, 0.4) is 0 Å². The number of rotatable bonds is 10. The molecule has 0 amide bonds. The molecule has 2 aromatic rings. The van der Waals surface area contributed by atoms with E-state index in [2.05, 4.69) is 14.9 Å². The van der Waals surface area contributed by atoms with Crippen LogP contribution in [0.2, 0.25) is 0 Å². The maximum absolute atomic E-state index is 15.5. The van der Waals surface area contributed by atoms with Gasteiger partial charge < -0.3 is 14.1 Å². The van der Waals surface area contributed by atoms with Crippen LogP contribution in [-0.4, -0.2) is 58.5 Å². The van der Waals surface area contributed by atoms with E-state index in [-0.39, 0.29) is 18.1 Å². The summed E-state index contributed by atoms with van der Waals surface area (Å²) < 4.78 is 52.1. The lowest BCUT2D eigenvalue weighted by molar-refractivity contribution is -0.120. The van der Waals surface area contributed by atoms with Gasteiger partial charge in [0.25, 0.3) is 11.1 Å². The quantitative estimate of drug-likeness (QED) is 0.426. The molecule has 0 bridgehead atoms. The van der Waals surface area contributed by atoms with Gasteiger partial charge in [-0.2, -0.15) is 0 Å². The minimum absolute atomic E-state index is 0.125. The molecule has 0 unspecified atom stereocenters. The van der Waals surface area contributed by atoms with Crippen molar-refractivity contribution in [1.29, 1.82) is 0 Å². The minimum Gasteiger partial charge on any atom is -0.464 e. The molecule has 0 N–H and O–H groups in total. The average molecular weight is 514 g/mol. The molecule has 1 aliphatic carbocycles. The van der Waals surface area contributed by atoms with Gasteiger partial charge in [-0.1, -0.05) is 11.3 Å². The van der Waals surface area contributed by atoms with E-state index in [4.69, 9.17) is 9.15 Å². The number of fused-ring (bicyclic) bond motifs is 1. The first-order chi connectivity index (χ1) is 16.6. The second-order valence-electron chi connectivity index (χ2n) is 10.2. The molecular weight excluding hydrogens is 479 g/mol. The molecule has 0 radical (unpaired) electrons. The van der Waals surface area contributed by atoms with E-state index in [0.717, 1.165) is 49.8 Å². The number of ketones is 1. The Labute approximate surface area is 208 Å². The average Bonchev–Trinajstić information content (AvgIpc) is 3.33. The van der Waals surface area contributed by atoms with E-state index in [0.29, 0.717) is 55.5 Å². The first-order valence-electron chi connectivity index (χ1n) is 12.4. The third kappa shape index (κ3) is 7.77. The van der Waals surface area contributed by atoms with Crippen LogP contribution < -0.4 is 4.74 Å². The fourth-order valence-corrected chi connectivity index (χ4v) is 5.89. The number of alkyl halides is 3. The number of hydrogen-bond donors (Lipinski definition) is 0. The van der Waals surface area contributed by atoms with Crippen molar-refractivity contribution in [2.75, 3.05) is 26.2 Å². The van der Waals surface area contributed by atoms with Gasteiger partial charge in [0.1, 0.15) is 17.2 Å². The largest absolute Gasteiger partial charge is 0.464 e. The van der Waals surface area contributed by atoms with Gasteiger partial charge in [0.2, 0.25) is 0 Å². The fraction of sp³-hybridized carbons (Fsp3) is 0.720. The lowest BCUT2D eigenvalue weighted by Gasteiger charge is -2.35.